The minimum absolute atomic E-state index is 0.107. The van der Waals surface area contributed by atoms with Crippen molar-refractivity contribution in [1.82, 2.24) is 4.98 Å². The van der Waals surface area contributed by atoms with Crippen molar-refractivity contribution in [3.05, 3.63) is 29.6 Å². The van der Waals surface area contributed by atoms with Crippen molar-refractivity contribution < 1.29 is 9.53 Å². The first-order valence-corrected chi connectivity index (χ1v) is 8.64. The van der Waals surface area contributed by atoms with Crippen LogP contribution in [0.2, 0.25) is 0 Å². The predicted octanol–water partition coefficient (Wildman–Crippen LogP) is 4.34. The Labute approximate surface area is 134 Å². The summed E-state index contributed by atoms with van der Waals surface area (Å²) >= 11 is 1.47. The number of amides is 1. The minimum Gasteiger partial charge on any atom is -0.494 e. The summed E-state index contributed by atoms with van der Waals surface area (Å²) in [5, 5.41) is 5.57. The normalized spacial score (nSPS) is 14.4. The van der Waals surface area contributed by atoms with Gasteiger partial charge in [-0.05, 0) is 43.5 Å². The number of nitrogens with zero attached hydrogens (tertiary/aromatic N) is 1. The van der Waals surface area contributed by atoms with Crippen LogP contribution in [0.1, 0.15) is 32.6 Å². The molecule has 22 heavy (non-hydrogen) atoms. The molecule has 1 N–H and O–H groups in total. The second-order valence-electron chi connectivity index (χ2n) is 5.53. The van der Waals surface area contributed by atoms with E-state index >= 15 is 0 Å². The second kappa shape index (κ2) is 6.92. The minimum atomic E-state index is 0.107. The van der Waals surface area contributed by atoms with Crippen LogP contribution in [0.25, 0.3) is 11.3 Å². The molecule has 0 aliphatic heterocycles. The van der Waals surface area contributed by atoms with Gasteiger partial charge in [0.25, 0.3) is 0 Å². The van der Waals surface area contributed by atoms with Gasteiger partial charge in [-0.25, -0.2) is 4.98 Å². The average Bonchev–Trinajstić information content (AvgIpc) is 2.92. The van der Waals surface area contributed by atoms with Crippen molar-refractivity contribution in [2.45, 2.75) is 32.6 Å². The molecule has 1 aliphatic rings. The summed E-state index contributed by atoms with van der Waals surface area (Å²) in [4.78, 5) is 16.4. The first-order chi connectivity index (χ1) is 10.8. The molecule has 0 unspecified atom stereocenters. The van der Waals surface area contributed by atoms with Gasteiger partial charge in [0.2, 0.25) is 5.91 Å². The van der Waals surface area contributed by atoms with Crippen LogP contribution in [-0.2, 0) is 4.79 Å². The van der Waals surface area contributed by atoms with Gasteiger partial charge in [-0.1, -0.05) is 13.3 Å². The van der Waals surface area contributed by atoms with Crippen LogP contribution >= 0.6 is 11.3 Å². The van der Waals surface area contributed by atoms with Gasteiger partial charge in [-0.2, -0.15) is 0 Å². The van der Waals surface area contributed by atoms with Crippen LogP contribution in [0.15, 0.2) is 29.6 Å². The molecule has 1 aromatic heterocycles. The SMILES string of the molecule is CCCOc1ccc(-c2csc(NC(=O)C3CCC3)n2)cc1. The van der Waals surface area contributed by atoms with Crippen LogP contribution in [0, 0.1) is 5.92 Å². The van der Waals surface area contributed by atoms with Crippen molar-refractivity contribution in [2.75, 3.05) is 11.9 Å². The van der Waals surface area contributed by atoms with Gasteiger partial charge >= 0.3 is 0 Å². The number of aromatic nitrogens is 1. The van der Waals surface area contributed by atoms with Crippen molar-refractivity contribution in [2.24, 2.45) is 5.92 Å². The number of hydrogen-bond donors (Lipinski definition) is 1. The van der Waals surface area contributed by atoms with Crippen LogP contribution < -0.4 is 10.1 Å². The molecule has 0 radical (unpaired) electrons. The summed E-state index contributed by atoms with van der Waals surface area (Å²) in [5.41, 5.74) is 1.92. The number of thiazole rings is 1. The van der Waals surface area contributed by atoms with Crippen molar-refractivity contribution in [3.8, 4) is 17.0 Å². The lowest BCUT2D eigenvalue weighted by Gasteiger charge is -2.23. The monoisotopic (exact) mass is 316 g/mol. The summed E-state index contributed by atoms with van der Waals surface area (Å²) in [6, 6.07) is 7.91. The smallest absolute Gasteiger partial charge is 0.229 e. The molecule has 3 rings (SSSR count). The average molecular weight is 316 g/mol. The molecule has 1 fully saturated rings. The summed E-state index contributed by atoms with van der Waals surface area (Å²) in [6.45, 7) is 2.82. The van der Waals surface area contributed by atoms with E-state index in [9.17, 15) is 4.79 Å². The Kier molecular flexibility index (Phi) is 4.73. The fraction of sp³-hybridized carbons (Fsp3) is 0.412. The Hall–Kier alpha value is -1.88. The lowest BCUT2D eigenvalue weighted by molar-refractivity contribution is -0.122. The van der Waals surface area contributed by atoms with Crippen LogP contribution in [-0.4, -0.2) is 17.5 Å². The quantitative estimate of drug-likeness (QED) is 0.862. The summed E-state index contributed by atoms with van der Waals surface area (Å²) in [5.74, 6) is 1.16. The molecule has 0 spiro atoms. The van der Waals surface area contributed by atoms with Gasteiger partial charge in [0.15, 0.2) is 5.13 Å². The fourth-order valence-electron chi connectivity index (χ4n) is 2.28. The highest BCUT2D eigenvalue weighted by Crippen LogP contribution is 2.30. The maximum absolute atomic E-state index is 11.9. The van der Waals surface area contributed by atoms with E-state index in [4.69, 9.17) is 4.74 Å². The Bertz CT molecular complexity index is 632. The highest BCUT2D eigenvalue weighted by Gasteiger charge is 2.25. The molecule has 1 aliphatic carbocycles. The van der Waals surface area contributed by atoms with Crippen LogP contribution in [0.3, 0.4) is 0 Å². The fourth-order valence-corrected chi connectivity index (χ4v) is 3.01. The molecular formula is C17H20N2O2S. The number of anilines is 1. The molecule has 2 aromatic rings. The second-order valence-corrected chi connectivity index (χ2v) is 6.39. The van der Waals surface area contributed by atoms with E-state index < -0.39 is 0 Å². The molecule has 1 saturated carbocycles. The van der Waals surface area contributed by atoms with Crippen LogP contribution in [0.4, 0.5) is 5.13 Å². The largest absolute Gasteiger partial charge is 0.494 e. The summed E-state index contributed by atoms with van der Waals surface area (Å²) in [6.07, 6.45) is 4.16. The third-order valence-electron chi connectivity index (χ3n) is 3.83. The third kappa shape index (κ3) is 3.47. The van der Waals surface area contributed by atoms with Gasteiger partial charge in [0.05, 0.1) is 12.3 Å². The number of hydrogen-bond acceptors (Lipinski definition) is 4. The summed E-state index contributed by atoms with van der Waals surface area (Å²) in [7, 11) is 0. The number of carbonyl (C=O) groups excluding carboxylic acids is 1. The van der Waals surface area contributed by atoms with E-state index in [0.29, 0.717) is 5.13 Å². The lowest BCUT2D eigenvalue weighted by Crippen LogP contribution is -2.27. The Balaban J connectivity index is 1.63. The lowest BCUT2D eigenvalue weighted by atomic mass is 9.85. The maximum Gasteiger partial charge on any atom is 0.229 e. The van der Waals surface area contributed by atoms with Gasteiger partial charge < -0.3 is 10.1 Å². The molecule has 0 atom stereocenters. The Morgan fingerprint density at radius 3 is 2.77 bits per heavy atom. The number of rotatable bonds is 6. The van der Waals surface area contributed by atoms with Crippen molar-refractivity contribution in [1.29, 1.82) is 0 Å². The Morgan fingerprint density at radius 1 is 1.36 bits per heavy atom. The predicted molar refractivity (Wildman–Crippen MR) is 89.3 cm³/mol. The van der Waals surface area contributed by atoms with E-state index in [1.807, 2.05) is 29.6 Å². The maximum atomic E-state index is 11.9. The topological polar surface area (TPSA) is 51.2 Å². The first kappa shape index (κ1) is 15.0. The third-order valence-corrected chi connectivity index (χ3v) is 4.59. The zero-order valence-electron chi connectivity index (χ0n) is 12.7. The molecule has 1 amide bonds. The van der Waals surface area contributed by atoms with Crippen LogP contribution in [0.5, 0.6) is 5.75 Å². The van der Waals surface area contributed by atoms with E-state index in [1.54, 1.807) is 0 Å². The first-order valence-electron chi connectivity index (χ1n) is 7.76. The molecule has 0 saturated heterocycles. The summed E-state index contributed by atoms with van der Waals surface area (Å²) < 4.78 is 5.57. The van der Waals surface area contributed by atoms with Crippen molar-refractivity contribution >= 4 is 22.4 Å². The van der Waals surface area contributed by atoms with Gasteiger partial charge in [0, 0.05) is 16.9 Å². The van der Waals surface area contributed by atoms with E-state index in [2.05, 4.69) is 17.2 Å². The molecule has 116 valence electrons. The van der Waals surface area contributed by atoms with Crippen molar-refractivity contribution in [3.63, 3.8) is 0 Å². The van der Waals surface area contributed by atoms with Gasteiger partial charge in [0.1, 0.15) is 5.75 Å². The number of carbonyl (C=O) groups is 1. The zero-order chi connectivity index (χ0) is 15.4. The number of nitrogens with one attached hydrogen (secondary N) is 1. The van der Waals surface area contributed by atoms with Gasteiger partial charge in [-0.15, -0.1) is 11.3 Å². The molecule has 4 nitrogen and oxygen atoms in total. The molecule has 0 bridgehead atoms. The number of ether oxygens (including phenoxy) is 1. The Morgan fingerprint density at radius 2 is 2.14 bits per heavy atom. The van der Waals surface area contributed by atoms with E-state index in [-0.39, 0.29) is 11.8 Å². The molecule has 1 aromatic carbocycles. The standard InChI is InChI=1S/C17H20N2O2S/c1-2-10-21-14-8-6-12(7-9-14)15-11-22-17(18-15)19-16(20)13-4-3-5-13/h6-9,11,13H,2-5,10H2,1H3,(H,18,19,20). The van der Waals surface area contributed by atoms with E-state index in [1.165, 1.54) is 11.3 Å². The highest BCUT2D eigenvalue weighted by atomic mass is 32.1. The van der Waals surface area contributed by atoms with Gasteiger partial charge in [-0.3, -0.25) is 4.79 Å². The molecule has 5 heteroatoms. The van der Waals surface area contributed by atoms with E-state index in [0.717, 1.165) is 49.3 Å². The number of benzene rings is 1. The molecule has 1 heterocycles. The highest BCUT2D eigenvalue weighted by molar-refractivity contribution is 7.14. The zero-order valence-corrected chi connectivity index (χ0v) is 13.5. The molecular weight excluding hydrogens is 296 g/mol.